The summed E-state index contributed by atoms with van der Waals surface area (Å²) in [7, 11) is 1.93. The van der Waals surface area contributed by atoms with Gasteiger partial charge in [0.05, 0.1) is 24.0 Å². The molecule has 1 atom stereocenters. The van der Waals surface area contributed by atoms with E-state index in [9.17, 15) is 9.90 Å². The van der Waals surface area contributed by atoms with Crippen molar-refractivity contribution in [3.05, 3.63) is 52.1 Å². The summed E-state index contributed by atoms with van der Waals surface area (Å²) in [5.74, 6) is 2.81. The fourth-order valence-electron chi connectivity index (χ4n) is 3.55. The number of nitrogens with one attached hydrogen (secondary N) is 2. The summed E-state index contributed by atoms with van der Waals surface area (Å²) in [6.07, 6.45) is 9.36. The quantitative estimate of drug-likeness (QED) is 0.550. The van der Waals surface area contributed by atoms with Crippen LogP contribution in [0.15, 0.2) is 35.8 Å². The van der Waals surface area contributed by atoms with Crippen LogP contribution < -0.4 is 15.5 Å². The zero-order chi connectivity index (χ0) is 21.1. The second-order valence-corrected chi connectivity index (χ2v) is 7.86. The van der Waals surface area contributed by atoms with E-state index in [1.807, 2.05) is 42.2 Å². The van der Waals surface area contributed by atoms with Crippen LogP contribution in [0.1, 0.15) is 28.7 Å². The largest absolute Gasteiger partial charge is 0.394 e. The van der Waals surface area contributed by atoms with E-state index in [4.69, 9.17) is 6.42 Å². The third-order valence-corrected chi connectivity index (χ3v) is 5.71. The zero-order valence-electron chi connectivity index (χ0n) is 16.5. The van der Waals surface area contributed by atoms with Gasteiger partial charge in [-0.2, -0.15) is 5.10 Å². The Morgan fingerprint density at radius 2 is 2.20 bits per heavy atom. The van der Waals surface area contributed by atoms with Crippen LogP contribution in [-0.4, -0.2) is 39.1 Å². The van der Waals surface area contributed by atoms with Gasteiger partial charge in [0.15, 0.2) is 5.01 Å². The number of thiazole rings is 1. The molecule has 0 saturated carbocycles. The van der Waals surface area contributed by atoms with Crippen molar-refractivity contribution in [3.63, 3.8) is 0 Å². The molecule has 0 bridgehead atoms. The Balaban J connectivity index is 1.44. The molecule has 0 radical (unpaired) electrons. The second-order valence-electron chi connectivity index (χ2n) is 7.00. The highest BCUT2D eigenvalue weighted by molar-refractivity contribution is 7.10. The van der Waals surface area contributed by atoms with E-state index in [1.165, 1.54) is 11.3 Å². The van der Waals surface area contributed by atoms with Crippen LogP contribution in [0.2, 0.25) is 0 Å². The maximum Gasteiger partial charge on any atom is 0.320 e. The minimum atomic E-state index is -0.542. The molecule has 3 heterocycles. The van der Waals surface area contributed by atoms with Crippen molar-refractivity contribution in [1.82, 2.24) is 20.1 Å². The highest BCUT2D eigenvalue weighted by Gasteiger charge is 2.22. The number of rotatable bonds is 5. The summed E-state index contributed by atoms with van der Waals surface area (Å²) in [5.41, 5.74) is 4.09. The molecule has 30 heavy (non-hydrogen) atoms. The maximum atomic E-state index is 12.3. The summed E-state index contributed by atoms with van der Waals surface area (Å²) in [4.78, 5) is 18.6. The topological polar surface area (TPSA) is 95.3 Å². The third kappa shape index (κ3) is 4.15. The van der Waals surface area contributed by atoms with Crippen molar-refractivity contribution in [3.8, 4) is 12.3 Å². The molecule has 0 saturated heterocycles. The lowest BCUT2D eigenvalue weighted by molar-refractivity contribution is 0.225. The van der Waals surface area contributed by atoms with Crippen LogP contribution in [0.5, 0.6) is 0 Å². The zero-order valence-corrected chi connectivity index (χ0v) is 17.3. The van der Waals surface area contributed by atoms with E-state index in [0.29, 0.717) is 10.8 Å². The number of aryl methyl sites for hydroxylation is 2. The number of aromatic nitrogens is 3. The van der Waals surface area contributed by atoms with Gasteiger partial charge in [0.2, 0.25) is 0 Å². The summed E-state index contributed by atoms with van der Waals surface area (Å²) in [5, 5.41) is 21.9. The number of fused-ring (bicyclic) bond motifs is 1. The standard InChI is InChI=1S/C21H22N6O2S/c1-3-20-23-19(13-30-20)24-21(29)22-17(12-28)14-6-8-15(9-7-14)27-10-4-5-16-18(27)11-26(2)25-16/h1,6-9,11,13,17,28H,4-5,10,12H2,2H3,(H2,22,24,29)/t17-/m0/s1. The number of urea groups is 1. The highest BCUT2D eigenvalue weighted by Crippen LogP contribution is 2.33. The fourth-order valence-corrected chi connectivity index (χ4v) is 4.10. The van der Waals surface area contributed by atoms with Crippen molar-refractivity contribution >= 4 is 34.6 Å². The van der Waals surface area contributed by atoms with E-state index < -0.39 is 12.1 Å². The SMILES string of the molecule is C#Cc1nc(NC(=O)N[C@@H](CO)c2ccc(N3CCCc4nn(C)cc43)cc2)cs1. The Kier molecular flexibility index (Phi) is 5.70. The van der Waals surface area contributed by atoms with Crippen LogP contribution in [0, 0.1) is 12.3 Å². The molecule has 0 fully saturated rings. The molecule has 3 N–H and O–H groups in total. The van der Waals surface area contributed by atoms with E-state index in [2.05, 4.69) is 31.5 Å². The first-order valence-electron chi connectivity index (χ1n) is 9.58. The molecule has 0 aliphatic carbocycles. The van der Waals surface area contributed by atoms with Gasteiger partial charge in [0.1, 0.15) is 5.82 Å². The van der Waals surface area contributed by atoms with E-state index in [0.717, 1.165) is 42.0 Å². The van der Waals surface area contributed by atoms with Crippen LogP contribution in [0.4, 0.5) is 22.0 Å². The van der Waals surface area contributed by atoms with Crippen molar-refractivity contribution in [2.24, 2.45) is 7.05 Å². The van der Waals surface area contributed by atoms with Crippen molar-refractivity contribution < 1.29 is 9.90 Å². The fraction of sp³-hybridized carbons (Fsp3) is 0.286. The van der Waals surface area contributed by atoms with Crippen molar-refractivity contribution in [1.29, 1.82) is 0 Å². The van der Waals surface area contributed by atoms with Gasteiger partial charge in [-0.05, 0) is 36.5 Å². The first-order valence-corrected chi connectivity index (χ1v) is 10.5. The van der Waals surface area contributed by atoms with Crippen molar-refractivity contribution in [2.45, 2.75) is 18.9 Å². The van der Waals surface area contributed by atoms with E-state index in [1.54, 1.807) is 5.38 Å². The molecule has 0 spiro atoms. The number of amides is 2. The molecule has 9 heteroatoms. The molecule has 2 aromatic heterocycles. The number of aliphatic hydroxyl groups excluding tert-OH is 1. The lowest BCUT2D eigenvalue weighted by atomic mass is 10.0. The number of aliphatic hydroxyl groups is 1. The molecular formula is C21H22N6O2S. The number of benzene rings is 1. The average molecular weight is 423 g/mol. The van der Waals surface area contributed by atoms with Crippen LogP contribution in [-0.2, 0) is 13.5 Å². The smallest absolute Gasteiger partial charge is 0.320 e. The minimum Gasteiger partial charge on any atom is -0.394 e. The molecule has 1 aromatic carbocycles. The van der Waals surface area contributed by atoms with Gasteiger partial charge in [0, 0.05) is 30.9 Å². The monoisotopic (exact) mass is 422 g/mol. The summed E-state index contributed by atoms with van der Waals surface area (Å²) < 4.78 is 1.84. The molecule has 3 aromatic rings. The Morgan fingerprint density at radius 1 is 1.40 bits per heavy atom. The minimum absolute atomic E-state index is 0.226. The average Bonchev–Trinajstić information content (AvgIpc) is 3.37. The Hall–Kier alpha value is -3.35. The number of carbonyl (C=O) groups is 1. The number of hydrogen-bond acceptors (Lipinski definition) is 6. The van der Waals surface area contributed by atoms with E-state index in [-0.39, 0.29) is 6.61 Å². The predicted molar refractivity (Wildman–Crippen MR) is 117 cm³/mol. The Morgan fingerprint density at radius 3 is 2.90 bits per heavy atom. The van der Waals surface area contributed by atoms with Crippen LogP contribution in [0.25, 0.3) is 0 Å². The first kappa shape index (κ1) is 19.9. The van der Waals surface area contributed by atoms with Crippen molar-refractivity contribution in [2.75, 3.05) is 23.4 Å². The second kappa shape index (κ2) is 8.57. The van der Waals surface area contributed by atoms with Gasteiger partial charge < -0.3 is 15.3 Å². The number of hydrogen-bond donors (Lipinski definition) is 3. The van der Waals surface area contributed by atoms with Crippen LogP contribution >= 0.6 is 11.3 Å². The molecule has 4 rings (SSSR count). The van der Waals surface area contributed by atoms with Gasteiger partial charge in [-0.3, -0.25) is 10.00 Å². The molecule has 1 aliphatic rings. The molecule has 8 nitrogen and oxygen atoms in total. The molecule has 154 valence electrons. The lowest BCUT2D eigenvalue weighted by Gasteiger charge is -2.28. The van der Waals surface area contributed by atoms with Gasteiger partial charge in [-0.1, -0.05) is 12.1 Å². The third-order valence-electron chi connectivity index (χ3n) is 4.93. The lowest BCUT2D eigenvalue weighted by Crippen LogP contribution is -2.34. The molecular weight excluding hydrogens is 400 g/mol. The first-order chi connectivity index (χ1) is 14.6. The van der Waals surface area contributed by atoms with Gasteiger partial charge in [-0.25, -0.2) is 9.78 Å². The summed E-state index contributed by atoms with van der Waals surface area (Å²) in [6.45, 7) is 0.700. The van der Waals surface area contributed by atoms with Gasteiger partial charge >= 0.3 is 6.03 Å². The van der Waals surface area contributed by atoms with Crippen LogP contribution in [0.3, 0.4) is 0 Å². The summed E-state index contributed by atoms with van der Waals surface area (Å²) in [6, 6.07) is 6.84. The number of anilines is 3. The molecule has 2 amide bonds. The Bertz CT molecular complexity index is 1080. The Labute approximate surface area is 178 Å². The molecule has 0 unspecified atom stereocenters. The maximum absolute atomic E-state index is 12.3. The molecule has 1 aliphatic heterocycles. The number of nitrogens with zero attached hydrogens (tertiary/aromatic N) is 4. The predicted octanol–water partition coefficient (Wildman–Crippen LogP) is 2.80. The van der Waals surface area contributed by atoms with Gasteiger partial charge in [-0.15, -0.1) is 17.8 Å². The number of carbonyl (C=O) groups excluding carboxylic acids is 1. The highest BCUT2D eigenvalue weighted by atomic mass is 32.1. The van der Waals surface area contributed by atoms with Gasteiger partial charge in [0.25, 0.3) is 0 Å². The summed E-state index contributed by atoms with van der Waals surface area (Å²) >= 11 is 1.27. The van der Waals surface area contributed by atoms with E-state index >= 15 is 0 Å². The number of terminal acetylenes is 1. The normalized spacial score (nSPS) is 14.0.